The Morgan fingerprint density at radius 1 is 1.41 bits per heavy atom. The van der Waals surface area contributed by atoms with Crippen molar-refractivity contribution in [2.75, 3.05) is 18.0 Å². The molecule has 1 aliphatic heterocycles. The monoisotopic (exact) mass is 323 g/mol. The van der Waals surface area contributed by atoms with Crippen LogP contribution in [0, 0.1) is 5.95 Å². The maximum atomic E-state index is 13.2. The first-order valence-electron chi connectivity index (χ1n) is 6.97. The molecule has 0 radical (unpaired) electrons. The minimum Gasteiger partial charge on any atom is -0.355 e. The molecule has 0 aliphatic carbocycles. The average molecular weight is 324 g/mol. The van der Waals surface area contributed by atoms with E-state index < -0.39 is 11.5 Å². The molecule has 3 heterocycles. The summed E-state index contributed by atoms with van der Waals surface area (Å²) in [4.78, 5) is 24.4. The second-order valence-corrected chi connectivity index (χ2v) is 5.62. The van der Waals surface area contributed by atoms with E-state index in [1.807, 2.05) is 4.90 Å². The van der Waals surface area contributed by atoms with Gasteiger partial charge in [-0.05, 0) is 18.9 Å². The highest BCUT2D eigenvalue weighted by Gasteiger charge is 2.22. The molecule has 0 unspecified atom stereocenters. The maximum Gasteiger partial charge on any atom is 0.272 e. The summed E-state index contributed by atoms with van der Waals surface area (Å²) in [6, 6.07) is 2.94. The van der Waals surface area contributed by atoms with Crippen molar-refractivity contribution in [2.45, 2.75) is 18.9 Å². The first-order valence-corrected chi connectivity index (χ1v) is 7.34. The largest absolute Gasteiger partial charge is 0.355 e. The van der Waals surface area contributed by atoms with Crippen molar-refractivity contribution in [1.82, 2.24) is 15.0 Å². The fourth-order valence-electron chi connectivity index (χ4n) is 2.45. The maximum absolute atomic E-state index is 13.2. The third-order valence-corrected chi connectivity index (χ3v) is 4.03. The zero-order chi connectivity index (χ0) is 15.7. The van der Waals surface area contributed by atoms with E-state index >= 15 is 0 Å². The van der Waals surface area contributed by atoms with Crippen LogP contribution in [0.2, 0.25) is 5.02 Å². The molecule has 2 aromatic rings. The summed E-state index contributed by atoms with van der Waals surface area (Å²) < 4.78 is 13.2. The summed E-state index contributed by atoms with van der Waals surface area (Å²) in [7, 11) is 0. The van der Waals surface area contributed by atoms with Crippen LogP contribution >= 0.6 is 11.6 Å². The molecule has 22 heavy (non-hydrogen) atoms. The molecule has 8 heteroatoms. The number of piperidine rings is 1. The number of nitrogens with one attached hydrogen (secondary N) is 1. The summed E-state index contributed by atoms with van der Waals surface area (Å²) in [6.45, 7) is 1.36. The Kier molecular flexibility index (Phi) is 4.08. The number of nitrogens with two attached hydrogens (primary N) is 1. The van der Waals surface area contributed by atoms with Crippen LogP contribution in [-0.4, -0.2) is 34.1 Å². The van der Waals surface area contributed by atoms with E-state index in [9.17, 15) is 9.18 Å². The number of aromatic nitrogens is 3. The molecule has 6 nitrogen and oxygen atoms in total. The van der Waals surface area contributed by atoms with Crippen molar-refractivity contribution < 1.29 is 4.39 Å². The highest BCUT2D eigenvalue weighted by atomic mass is 35.5. The average Bonchev–Trinajstić information content (AvgIpc) is 2.51. The summed E-state index contributed by atoms with van der Waals surface area (Å²) in [5.41, 5.74) is 5.87. The molecule has 0 bridgehead atoms. The van der Waals surface area contributed by atoms with Crippen LogP contribution in [0.3, 0.4) is 0 Å². The lowest BCUT2D eigenvalue weighted by atomic mass is 10.1. The lowest BCUT2D eigenvalue weighted by Crippen LogP contribution is -2.40. The molecule has 0 amide bonds. The Morgan fingerprint density at radius 3 is 2.82 bits per heavy atom. The summed E-state index contributed by atoms with van der Waals surface area (Å²) >= 11 is 6.09. The van der Waals surface area contributed by atoms with Gasteiger partial charge in [0.1, 0.15) is 10.8 Å². The molecule has 2 aromatic heterocycles. The van der Waals surface area contributed by atoms with E-state index in [0.29, 0.717) is 24.5 Å². The number of hydrogen-bond donors (Lipinski definition) is 2. The van der Waals surface area contributed by atoms with Crippen molar-refractivity contribution in [3.05, 3.63) is 39.7 Å². The van der Waals surface area contributed by atoms with Crippen molar-refractivity contribution in [3.63, 3.8) is 0 Å². The Bertz CT molecular complexity index is 742. The second kappa shape index (κ2) is 6.02. The van der Waals surface area contributed by atoms with Crippen LogP contribution in [-0.2, 0) is 0 Å². The normalized spacial score (nSPS) is 16.0. The van der Waals surface area contributed by atoms with E-state index in [1.165, 1.54) is 12.3 Å². The van der Waals surface area contributed by atoms with Crippen molar-refractivity contribution in [2.24, 2.45) is 5.73 Å². The lowest BCUT2D eigenvalue weighted by Gasteiger charge is -2.31. The van der Waals surface area contributed by atoms with E-state index in [2.05, 4.69) is 15.0 Å². The van der Waals surface area contributed by atoms with Gasteiger partial charge in [-0.3, -0.25) is 4.79 Å². The standard InChI is InChI=1S/C14H15ClFN5O/c15-11-13(21-5-2-9(17)3-6-21)19-12(20-14(11)22)8-1-4-18-10(16)7-8/h1,4,7,9H,2-3,5-6,17H2,(H,19,20,22). The molecular formula is C14H15ClFN5O. The first-order chi connectivity index (χ1) is 10.5. The molecule has 0 spiro atoms. The quantitative estimate of drug-likeness (QED) is 0.819. The van der Waals surface area contributed by atoms with E-state index in [0.717, 1.165) is 12.8 Å². The number of hydrogen-bond acceptors (Lipinski definition) is 5. The second-order valence-electron chi connectivity index (χ2n) is 5.24. The fourth-order valence-corrected chi connectivity index (χ4v) is 2.66. The van der Waals surface area contributed by atoms with Crippen LogP contribution in [0.15, 0.2) is 23.1 Å². The predicted octanol–water partition coefficient (Wildman–Crippen LogP) is 1.55. The Balaban J connectivity index is 2.02. The van der Waals surface area contributed by atoms with Crippen LogP contribution in [0.4, 0.5) is 10.2 Å². The van der Waals surface area contributed by atoms with Gasteiger partial charge in [0, 0.05) is 37.0 Å². The number of halogens is 2. The molecule has 0 atom stereocenters. The van der Waals surface area contributed by atoms with E-state index in [1.54, 1.807) is 6.07 Å². The summed E-state index contributed by atoms with van der Waals surface area (Å²) in [5, 5.41) is 0.0359. The van der Waals surface area contributed by atoms with Gasteiger partial charge in [0.25, 0.3) is 5.56 Å². The first kappa shape index (κ1) is 14.9. The van der Waals surface area contributed by atoms with E-state index in [-0.39, 0.29) is 16.9 Å². The number of anilines is 1. The lowest BCUT2D eigenvalue weighted by molar-refractivity contribution is 0.498. The smallest absolute Gasteiger partial charge is 0.272 e. The zero-order valence-corrected chi connectivity index (χ0v) is 12.5. The molecule has 116 valence electrons. The van der Waals surface area contributed by atoms with Gasteiger partial charge in [0.05, 0.1) is 0 Å². The SMILES string of the molecule is NC1CCN(c2nc(-c3ccnc(F)c3)[nH]c(=O)c2Cl)CC1. The van der Waals surface area contributed by atoms with Gasteiger partial charge in [-0.1, -0.05) is 11.6 Å². The van der Waals surface area contributed by atoms with Gasteiger partial charge >= 0.3 is 0 Å². The third-order valence-electron chi connectivity index (χ3n) is 3.68. The van der Waals surface area contributed by atoms with Gasteiger partial charge in [-0.25, -0.2) is 9.97 Å². The van der Waals surface area contributed by atoms with Crippen molar-refractivity contribution in [3.8, 4) is 11.4 Å². The highest BCUT2D eigenvalue weighted by Crippen LogP contribution is 2.25. The Morgan fingerprint density at radius 2 is 2.14 bits per heavy atom. The zero-order valence-electron chi connectivity index (χ0n) is 11.7. The summed E-state index contributed by atoms with van der Waals surface area (Å²) in [5.74, 6) is 0.0331. The molecule has 1 aliphatic rings. The summed E-state index contributed by atoms with van der Waals surface area (Å²) in [6.07, 6.45) is 2.94. The minimum absolute atomic E-state index is 0.0359. The number of nitrogens with zero attached hydrogens (tertiary/aromatic N) is 3. The van der Waals surface area contributed by atoms with Crippen molar-refractivity contribution in [1.29, 1.82) is 0 Å². The number of rotatable bonds is 2. The number of H-pyrrole nitrogens is 1. The van der Waals surface area contributed by atoms with Crippen molar-refractivity contribution >= 4 is 17.4 Å². The van der Waals surface area contributed by atoms with E-state index in [4.69, 9.17) is 17.3 Å². The number of pyridine rings is 1. The Hall–Kier alpha value is -1.99. The molecule has 3 rings (SSSR count). The van der Waals surface area contributed by atoms with Gasteiger partial charge < -0.3 is 15.6 Å². The topological polar surface area (TPSA) is 87.9 Å². The fraction of sp³-hybridized carbons (Fsp3) is 0.357. The van der Waals surface area contributed by atoms with Crippen LogP contribution < -0.4 is 16.2 Å². The predicted molar refractivity (Wildman–Crippen MR) is 82.5 cm³/mol. The molecule has 0 aromatic carbocycles. The van der Waals surface area contributed by atoms with Gasteiger partial charge in [0.2, 0.25) is 5.95 Å². The molecule has 3 N–H and O–H groups in total. The third kappa shape index (κ3) is 2.95. The van der Waals surface area contributed by atoms with Crippen LogP contribution in [0.1, 0.15) is 12.8 Å². The van der Waals surface area contributed by atoms with Gasteiger partial charge in [-0.2, -0.15) is 4.39 Å². The molecule has 0 saturated carbocycles. The number of aromatic amines is 1. The van der Waals surface area contributed by atoms with Crippen LogP contribution in [0.25, 0.3) is 11.4 Å². The molecular weight excluding hydrogens is 309 g/mol. The minimum atomic E-state index is -0.638. The highest BCUT2D eigenvalue weighted by molar-refractivity contribution is 6.32. The Labute approximate surface area is 131 Å². The van der Waals surface area contributed by atoms with Crippen LogP contribution in [0.5, 0.6) is 0 Å². The molecule has 1 saturated heterocycles. The van der Waals surface area contributed by atoms with Gasteiger partial charge in [0.15, 0.2) is 5.82 Å². The molecule has 1 fully saturated rings. The van der Waals surface area contributed by atoms with Gasteiger partial charge in [-0.15, -0.1) is 0 Å².